The second-order valence-electron chi connectivity index (χ2n) is 1.80. The van der Waals surface area contributed by atoms with Crippen LogP contribution in [0, 0.1) is 0 Å². The van der Waals surface area contributed by atoms with Gasteiger partial charge in [0.2, 0.25) is 0 Å². The van der Waals surface area contributed by atoms with Crippen molar-refractivity contribution in [3.8, 4) is 5.88 Å². The lowest BCUT2D eigenvalue weighted by Gasteiger charge is -1.89. The Balaban J connectivity index is 3.00. The number of hydrogen-bond acceptors (Lipinski definition) is 3. The summed E-state index contributed by atoms with van der Waals surface area (Å²) in [6.07, 6.45) is 2.20. The van der Waals surface area contributed by atoms with Crippen LogP contribution in [-0.2, 0) is 5.11 Å². The first kappa shape index (κ1) is 6.67. The van der Waals surface area contributed by atoms with E-state index in [0.29, 0.717) is 0 Å². The highest BCUT2D eigenvalue weighted by Crippen LogP contribution is 2.01. The van der Waals surface area contributed by atoms with E-state index < -0.39 is 5.88 Å². The van der Waals surface area contributed by atoms with Crippen LogP contribution < -0.4 is 0 Å². The van der Waals surface area contributed by atoms with Crippen LogP contribution in [0.1, 0.15) is 17.4 Å². The maximum Gasteiger partial charge on any atom is 0.288 e. The van der Waals surface area contributed by atoms with Crippen molar-refractivity contribution in [2.45, 2.75) is 6.92 Å². The molecule has 0 fully saturated rings. The Morgan fingerprint density at radius 3 is 2.50 bits per heavy atom. The highest BCUT2D eigenvalue weighted by Gasteiger charge is 2.00. The van der Waals surface area contributed by atoms with Crippen LogP contribution >= 0.6 is 0 Å². The standard InChI is InChI=1S/C6H5N2O2/c1-4(9)5-2-8-6(10)3-7-5/h2-3H,1H3. The molecule has 51 valence electrons. The van der Waals surface area contributed by atoms with Crippen LogP contribution in [0.3, 0.4) is 0 Å². The Labute approximate surface area is 57.6 Å². The number of Topliss-reactive ketones (excluding diaryl/α,β-unsaturated/α-hetero) is 1. The maximum atomic E-state index is 10.6. The Hall–Kier alpha value is -1.45. The molecule has 0 spiro atoms. The van der Waals surface area contributed by atoms with E-state index in [1.54, 1.807) is 0 Å². The normalized spacial score (nSPS) is 9.30. The summed E-state index contributed by atoms with van der Waals surface area (Å²) in [7, 11) is 0. The molecule has 0 amide bonds. The van der Waals surface area contributed by atoms with Gasteiger partial charge in [-0.3, -0.25) is 9.90 Å². The van der Waals surface area contributed by atoms with Gasteiger partial charge in [-0.25, -0.2) is 9.97 Å². The summed E-state index contributed by atoms with van der Waals surface area (Å²) in [5, 5.41) is 10.4. The van der Waals surface area contributed by atoms with Gasteiger partial charge in [0.05, 0.1) is 12.4 Å². The van der Waals surface area contributed by atoms with E-state index in [1.807, 2.05) is 0 Å². The van der Waals surface area contributed by atoms with Crippen molar-refractivity contribution >= 4 is 5.78 Å². The fourth-order valence-electron chi connectivity index (χ4n) is 0.498. The third-order valence-electron chi connectivity index (χ3n) is 0.989. The summed E-state index contributed by atoms with van der Waals surface area (Å²) in [5.74, 6) is -0.613. The summed E-state index contributed by atoms with van der Waals surface area (Å²) in [6, 6.07) is 0. The molecule has 0 aliphatic heterocycles. The summed E-state index contributed by atoms with van der Waals surface area (Å²) in [4.78, 5) is 17.5. The zero-order valence-corrected chi connectivity index (χ0v) is 5.37. The third kappa shape index (κ3) is 1.28. The predicted octanol–water partition coefficient (Wildman–Crippen LogP) is 0.823. The molecule has 1 aromatic heterocycles. The molecule has 0 aliphatic rings. The summed E-state index contributed by atoms with van der Waals surface area (Å²) in [5.41, 5.74) is 0.222. The van der Waals surface area contributed by atoms with Gasteiger partial charge in [-0.05, 0) is 0 Å². The molecule has 0 aliphatic carbocycles. The van der Waals surface area contributed by atoms with Crippen molar-refractivity contribution in [1.82, 2.24) is 9.97 Å². The fourth-order valence-corrected chi connectivity index (χ4v) is 0.498. The van der Waals surface area contributed by atoms with Crippen molar-refractivity contribution in [2.75, 3.05) is 0 Å². The van der Waals surface area contributed by atoms with E-state index in [4.69, 9.17) is 0 Å². The quantitative estimate of drug-likeness (QED) is 0.538. The fraction of sp³-hybridized carbons (Fsp3) is 0.167. The Morgan fingerprint density at radius 2 is 2.10 bits per heavy atom. The van der Waals surface area contributed by atoms with E-state index in [0.717, 1.165) is 6.20 Å². The Bertz CT molecular complexity index is 242. The third-order valence-corrected chi connectivity index (χ3v) is 0.989. The average molecular weight is 137 g/mol. The predicted molar refractivity (Wildman–Crippen MR) is 32.2 cm³/mol. The molecule has 0 atom stereocenters. The zero-order chi connectivity index (χ0) is 7.56. The van der Waals surface area contributed by atoms with Crippen LogP contribution in [0.5, 0.6) is 5.88 Å². The van der Waals surface area contributed by atoms with Crippen LogP contribution in [-0.4, -0.2) is 15.8 Å². The molecule has 0 bridgehead atoms. The molecule has 0 saturated heterocycles. The lowest BCUT2D eigenvalue weighted by Crippen LogP contribution is -1.95. The van der Waals surface area contributed by atoms with Gasteiger partial charge in [-0.15, -0.1) is 0 Å². The average Bonchev–Trinajstić information content (AvgIpc) is 1.88. The van der Waals surface area contributed by atoms with Crippen molar-refractivity contribution in [3.05, 3.63) is 18.1 Å². The van der Waals surface area contributed by atoms with E-state index in [9.17, 15) is 9.90 Å². The van der Waals surface area contributed by atoms with E-state index in [-0.39, 0.29) is 11.5 Å². The Morgan fingerprint density at radius 1 is 1.40 bits per heavy atom. The maximum absolute atomic E-state index is 10.6. The number of carbonyl (C=O) groups excluding carboxylic acids is 1. The van der Waals surface area contributed by atoms with Crippen molar-refractivity contribution in [3.63, 3.8) is 0 Å². The molecule has 0 saturated carbocycles. The van der Waals surface area contributed by atoms with Gasteiger partial charge in [-0.1, -0.05) is 0 Å². The molecule has 1 radical (unpaired) electrons. The van der Waals surface area contributed by atoms with E-state index in [1.165, 1.54) is 13.1 Å². The van der Waals surface area contributed by atoms with Gasteiger partial charge in [-0.2, -0.15) is 0 Å². The molecule has 1 heterocycles. The summed E-state index contributed by atoms with van der Waals surface area (Å²) >= 11 is 0. The minimum absolute atomic E-state index is 0.187. The molecular formula is C6H5N2O2. The molecule has 4 nitrogen and oxygen atoms in total. The second-order valence-corrected chi connectivity index (χ2v) is 1.80. The minimum Gasteiger partial charge on any atom is -0.293 e. The van der Waals surface area contributed by atoms with E-state index in [2.05, 4.69) is 9.97 Å². The van der Waals surface area contributed by atoms with Crippen LogP contribution in [0.2, 0.25) is 0 Å². The van der Waals surface area contributed by atoms with Gasteiger partial charge < -0.3 is 0 Å². The topological polar surface area (TPSA) is 62.8 Å². The first-order valence-electron chi connectivity index (χ1n) is 2.70. The zero-order valence-electron chi connectivity index (χ0n) is 5.37. The van der Waals surface area contributed by atoms with Gasteiger partial charge in [0, 0.05) is 6.92 Å². The molecular weight excluding hydrogens is 132 g/mol. The van der Waals surface area contributed by atoms with Crippen LogP contribution in [0.15, 0.2) is 12.4 Å². The smallest absolute Gasteiger partial charge is 0.288 e. The molecule has 0 N–H and O–H groups in total. The van der Waals surface area contributed by atoms with Crippen molar-refractivity contribution in [2.24, 2.45) is 0 Å². The molecule has 0 unspecified atom stereocenters. The summed E-state index contributed by atoms with van der Waals surface area (Å²) in [6.45, 7) is 1.37. The molecule has 0 aromatic carbocycles. The monoisotopic (exact) mass is 137 g/mol. The van der Waals surface area contributed by atoms with E-state index >= 15 is 0 Å². The number of carbonyl (C=O) groups is 1. The van der Waals surface area contributed by atoms with Crippen LogP contribution in [0.4, 0.5) is 0 Å². The highest BCUT2D eigenvalue weighted by molar-refractivity contribution is 5.91. The number of aromatic nitrogens is 2. The molecule has 1 aromatic rings. The van der Waals surface area contributed by atoms with Gasteiger partial charge >= 0.3 is 0 Å². The lowest BCUT2D eigenvalue weighted by molar-refractivity contribution is 0.101. The first-order valence-corrected chi connectivity index (χ1v) is 2.70. The molecule has 10 heavy (non-hydrogen) atoms. The van der Waals surface area contributed by atoms with Crippen molar-refractivity contribution in [1.29, 1.82) is 0 Å². The second kappa shape index (κ2) is 2.43. The first-order chi connectivity index (χ1) is 4.70. The minimum atomic E-state index is -0.426. The van der Waals surface area contributed by atoms with Gasteiger partial charge in [0.25, 0.3) is 5.88 Å². The number of rotatable bonds is 1. The molecule has 4 heteroatoms. The van der Waals surface area contributed by atoms with Gasteiger partial charge in [0.15, 0.2) is 5.78 Å². The van der Waals surface area contributed by atoms with Crippen molar-refractivity contribution < 1.29 is 9.90 Å². The lowest BCUT2D eigenvalue weighted by atomic mass is 10.3. The summed E-state index contributed by atoms with van der Waals surface area (Å²) < 4.78 is 0. The van der Waals surface area contributed by atoms with Gasteiger partial charge in [0.1, 0.15) is 5.69 Å². The molecule has 1 rings (SSSR count). The Kier molecular flexibility index (Phi) is 1.62. The number of nitrogens with zero attached hydrogens (tertiary/aromatic N) is 2. The highest BCUT2D eigenvalue weighted by atomic mass is 16.3. The largest absolute Gasteiger partial charge is 0.293 e. The number of hydrogen-bond donors (Lipinski definition) is 0. The number of ketones is 1. The SMILES string of the molecule is CC(=O)c1cnc([O])cn1. The van der Waals surface area contributed by atoms with Crippen LogP contribution in [0.25, 0.3) is 0 Å².